The number of guanidine groups is 1. The summed E-state index contributed by atoms with van der Waals surface area (Å²) in [5.74, 6) is 3.33. The molecule has 4 nitrogen and oxygen atoms in total. The number of nitrogens with one attached hydrogen (secondary N) is 2. The number of likely N-dealkylation sites (N-methyl/N-ethyl adjacent to an activating group) is 1. The van der Waals surface area contributed by atoms with Crippen LogP contribution in [-0.4, -0.2) is 44.6 Å². The maximum absolute atomic E-state index is 5.29. The molecule has 0 aliphatic rings. The van der Waals surface area contributed by atoms with E-state index in [0.29, 0.717) is 13.1 Å². The van der Waals surface area contributed by atoms with Crippen LogP contribution in [-0.2, 0) is 6.42 Å². The number of aliphatic imine (C=N–C) groups is 1. The van der Waals surface area contributed by atoms with Crippen molar-refractivity contribution in [3.63, 3.8) is 0 Å². The van der Waals surface area contributed by atoms with Crippen LogP contribution in [0.3, 0.4) is 0 Å². The van der Waals surface area contributed by atoms with Crippen molar-refractivity contribution in [2.24, 2.45) is 4.99 Å². The van der Waals surface area contributed by atoms with E-state index in [4.69, 9.17) is 6.42 Å². The van der Waals surface area contributed by atoms with Crippen LogP contribution in [0.2, 0.25) is 0 Å². The SMILES string of the molecule is C#CCNC(=NCC(c1ccc(CC)cc1)N(C)C)NCC.I. The number of terminal acetylenes is 1. The Morgan fingerprint density at radius 1 is 1.22 bits per heavy atom. The van der Waals surface area contributed by atoms with E-state index in [-0.39, 0.29) is 30.0 Å². The second kappa shape index (κ2) is 12.2. The van der Waals surface area contributed by atoms with Crippen molar-refractivity contribution >= 4 is 29.9 Å². The summed E-state index contributed by atoms with van der Waals surface area (Å²) in [6.07, 6.45) is 6.35. The first-order chi connectivity index (χ1) is 10.6. The molecule has 0 bridgehead atoms. The Labute approximate surface area is 158 Å². The summed E-state index contributed by atoms with van der Waals surface area (Å²) < 4.78 is 0. The molecular formula is C18H29IN4. The lowest BCUT2D eigenvalue weighted by molar-refractivity contribution is 0.306. The Bertz CT molecular complexity index is 503. The van der Waals surface area contributed by atoms with Crippen molar-refractivity contribution in [1.82, 2.24) is 15.5 Å². The lowest BCUT2D eigenvalue weighted by Crippen LogP contribution is -2.38. The molecule has 0 spiro atoms. The van der Waals surface area contributed by atoms with Gasteiger partial charge in [-0.15, -0.1) is 30.4 Å². The van der Waals surface area contributed by atoms with Crippen molar-refractivity contribution in [3.05, 3.63) is 35.4 Å². The molecule has 1 aromatic rings. The van der Waals surface area contributed by atoms with E-state index in [9.17, 15) is 0 Å². The molecule has 128 valence electrons. The Kier molecular flexibility index (Phi) is 11.5. The third-order valence-corrected chi connectivity index (χ3v) is 3.52. The number of benzene rings is 1. The molecule has 0 aliphatic carbocycles. The van der Waals surface area contributed by atoms with Crippen molar-refractivity contribution in [3.8, 4) is 12.3 Å². The van der Waals surface area contributed by atoms with Gasteiger partial charge in [0, 0.05) is 6.54 Å². The zero-order chi connectivity index (χ0) is 16.4. The predicted molar refractivity (Wildman–Crippen MR) is 110 cm³/mol. The molecule has 5 heteroatoms. The molecule has 0 saturated heterocycles. The smallest absolute Gasteiger partial charge is 0.192 e. The van der Waals surface area contributed by atoms with Crippen molar-refractivity contribution in [2.75, 3.05) is 33.7 Å². The van der Waals surface area contributed by atoms with Gasteiger partial charge in [0.15, 0.2) is 5.96 Å². The molecule has 0 aliphatic heterocycles. The summed E-state index contributed by atoms with van der Waals surface area (Å²) >= 11 is 0. The average molecular weight is 428 g/mol. The van der Waals surface area contributed by atoms with Gasteiger partial charge < -0.3 is 15.5 Å². The second-order valence-corrected chi connectivity index (χ2v) is 5.35. The van der Waals surface area contributed by atoms with E-state index in [1.54, 1.807) is 0 Å². The summed E-state index contributed by atoms with van der Waals surface area (Å²) in [5, 5.41) is 6.32. The Morgan fingerprint density at radius 2 is 1.87 bits per heavy atom. The molecule has 0 heterocycles. The summed E-state index contributed by atoms with van der Waals surface area (Å²) in [5.41, 5.74) is 2.63. The fourth-order valence-electron chi connectivity index (χ4n) is 2.20. The summed E-state index contributed by atoms with van der Waals surface area (Å²) in [7, 11) is 4.16. The Morgan fingerprint density at radius 3 is 2.35 bits per heavy atom. The summed E-state index contributed by atoms with van der Waals surface area (Å²) in [4.78, 5) is 6.84. The van der Waals surface area contributed by atoms with E-state index in [2.05, 4.69) is 71.7 Å². The molecule has 23 heavy (non-hydrogen) atoms. The third-order valence-electron chi connectivity index (χ3n) is 3.52. The van der Waals surface area contributed by atoms with Crippen LogP contribution in [0.15, 0.2) is 29.3 Å². The van der Waals surface area contributed by atoms with Crippen molar-refractivity contribution in [1.29, 1.82) is 0 Å². The molecule has 0 saturated carbocycles. The van der Waals surface area contributed by atoms with Gasteiger partial charge in [-0.2, -0.15) is 0 Å². The van der Waals surface area contributed by atoms with Crippen molar-refractivity contribution in [2.45, 2.75) is 26.3 Å². The fourth-order valence-corrected chi connectivity index (χ4v) is 2.20. The highest BCUT2D eigenvalue weighted by Crippen LogP contribution is 2.19. The minimum Gasteiger partial charge on any atom is -0.357 e. The number of hydrogen-bond acceptors (Lipinski definition) is 2. The quantitative estimate of drug-likeness (QED) is 0.304. The van der Waals surface area contributed by atoms with Crippen LogP contribution in [0, 0.1) is 12.3 Å². The van der Waals surface area contributed by atoms with E-state index in [1.165, 1.54) is 11.1 Å². The number of nitrogens with zero attached hydrogens (tertiary/aromatic N) is 2. The maximum Gasteiger partial charge on any atom is 0.192 e. The summed E-state index contributed by atoms with van der Waals surface area (Å²) in [6, 6.07) is 9.02. The molecule has 0 fully saturated rings. The van der Waals surface area contributed by atoms with E-state index in [1.807, 2.05) is 6.92 Å². The lowest BCUT2D eigenvalue weighted by atomic mass is 10.0. The van der Waals surface area contributed by atoms with Crippen LogP contribution >= 0.6 is 24.0 Å². The normalized spacial score (nSPS) is 12.3. The van der Waals surface area contributed by atoms with Gasteiger partial charge in [0.05, 0.1) is 19.1 Å². The van der Waals surface area contributed by atoms with Crippen LogP contribution in [0.5, 0.6) is 0 Å². The molecule has 1 rings (SSSR count). The van der Waals surface area contributed by atoms with Crippen molar-refractivity contribution < 1.29 is 0 Å². The highest BCUT2D eigenvalue weighted by molar-refractivity contribution is 14.0. The van der Waals surface area contributed by atoms with E-state index in [0.717, 1.165) is 18.9 Å². The molecular weight excluding hydrogens is 399 g/mol. The first-order valence-corrected chi connectivity index (χ1v) is 7.83. The van der Waals surface area contributed by atoms with Gasteiger partial charge in [-0.3, -0.25) is 4.99 Å². The highest BCUT2D eigenvalue weighted by Gasteiger charge is 2.13. The fraction of sp³-hybridized carbons (Fsp3) is 0.500. The zero-order valence-electron chi connectivity index (χ0n) is 14.6. The lowest BCUT2D eigenvalue weighted by Gasteiger charge is -2.24. The van der Waals surface area contributed by atoms with Gasteiger partial charge in [0.2, 0.25) is 0 Å². The molecule has 1 aromatic carbocycles. The van der Waals surface area contributed by atoms with Crippen LogP contribution < -0.4 is 10.6 Å². The van der Waals surface area contributed by atoms with E-state index >= 15 is 0 Å². The summed E-state index contributed by atoms with van der Waals surface area (Å²) in [6.45, 7) is 6.18. The first kappa shape index (κ1) is 21.7. The molecule has 0 radical (unpaired) electrons. The average Bonchev–Trinajstić information content (AvgIpc) is 2.53. The minimum atomic E-state index is 0. The van der Waals surface area contributed by atoms with Gasteiger partial charge in [0.1, 0.15) is 0 Å². The monoisotopic (exact) mass is 428 g/mol. The third kappa shape index (κ3) is 7.71. The first-order valence-electron chi connectivity index (χ1n) is 7.83. The predicted octanol–water partition coefficient (Wildman–Crippen LogP) is 2.66. The molecule has 1 unspecified atom stereocenters. The Hall–Kier alpha value is -1.26. The molecule has 0 aromatic heterocycles. The number of aryl methyl sites for hydroxylation is 1. The second-order valence-electron chi connectivity index (χ2n) is 5.35. The van der Waals surface area contributed by atoms with Crippen LogP contribution in [0.4, 0.5) is 0 Å². The number of hydrogen-bond donors (Lipinski definition) is 2. The van der Waals surface area contributed by atoms with Gasteiger partial charge in [-0.1, -0.05) is 37.1 Å². The molecule has 2 N–H and O–H groups in total. The van der Waals surface area contributed by atoms with Gasteiger partial charge in [-0.25, -0.2) is 0 Å². The van der Waals surface area contributed by atoms with Gasteiger partial charge in [-0.05, 0) is 38.6 Å². The van der Waals surface area contributed by atoms with Crippen LogP contribution in [0.1, 0.15) is 31.0 Å². The molecule has 1 atom stereocenters. The topological polar surface area (TPSA) is 39.7 Å². The standard InChI is InChI=1S/C18H28N4.HI/c1-6-13-20-18(19-8-3)21-14-17(22(4)5)16-11-9-15(7-2)10-12-16;/h1,9-12,17H,7-8,13-14H2,2-5H3,(H2,19,20,21);1H. The van der Waals surface area contributed by atoms with Gasteiger partial charge >= 0.3 is 0 Å². The minimum absolute atomic E-state index is 0. The zero-order valence-corrected chi connectivity index (χ0v) is 16.9. The highest BCUT2D eigenvalue weighted by atomic mass is 127. The maximum atomic E-state index is 5.29. The van der Waals surface area contributed by atoms with Gasteiger partial charge in [0.25, 0.3) is 0 Å². The Balaban J connectivity index is 0.00000484. The molecule has 0 amide bonds. The largest absolute Gasteiger partial charge is 0.357 e. The van der Waals surface area contributed by atoms with Crippen LogP contribution in [0.25, 0.3) is 0 Å². The number of rotatable bonds is 7. The number of halogens is 1. The van der Waals surface area contributed by atoms with E-state index < -0.39 is 0 Å².